The number of rotatable bonds is 0. The molecule has 4 rings (SSSR count). The van der Waals surface area contributed by atoms with E-state index in [1.165, 1.54) is 57.6 Å². The Kier molecular flexibility index (Phi) is 3.26. The van der Waals surface area contributed by atoms with Gasteiger partial charge in [0.15, 0.2) is 5.96 Å². The number of piperidine rings is 1. The summed E-state index contributed by atoms with van der Waals surface area (Å²) < 4.78 is 0. The summed E-state index contributed by atoms with van der Waals surface area (Å²) in [6.07, 6.45) is 8.50. The molecule has 0 aromatic heterocycles. The molecule has 0 spiro atoms. The maximum Gasteiger partial charge on any atom is 0.197 e. The van der Waals surface area contributed by atoms with Gasteiger partial charge in [-0.3, -0.25) is 4.99 Å². The van der Waals surface area contributed by atoms with Gasteiger partial charge in [0.1, 0.15) is 0 Å². The average Bonchev–Trinajstić information content (AvgIpc) is 2.80. The summed E-state index contributed by atoms with van der Waals surface area (Å²) in [6.45, 7) is 3.60. The smallest absolute Gasteiger partial charge is 0.197 e. The number of fused-ring (bicyclic) bond motifs is 2. The lowest BCUT2D eigenvalue weighted by atomic mass is 9.73. The molecule has 1 aliphatic carbocycles. The quantitative estimate of drug-likeness (QED) is 0.627. The van der Waals surface area contributed by atoms with E-state index < -0.39 is 0 Å². The van der Waals surface area contributed by atoms with Gasteiger partial charge in [0, 0.05) is 19.1 Å². The van der Waals surface area contributed by atoms with Gasteiger partial charge in [0.2, 0.25) is 0 Å². The summed E-state index contributed by atoms with van der Waals surface area (Å²) in [5, 5.41) is 0. The van der Waals surface area contributed by atoms with Crippen molar-refractivity contribution in [2.24, 2.45) is 10.9 Å². The molecule has 0 amide bonds. The first-order valence-corrected chi connectivity index (χ1v) is 7.01. The minimum atomic E-state index is 0. The molecule has 2 saturated heterocycles. The van der Waals surface area contributed by atoms with Gasteiger partial charge in [-0.05, 0) is 44.4 Å². The fourth-order valence-electron chi connectivity index (χ4n) is 4.06. The zero-order valence-electron chi connectivity index (χ0n) is 10.3. The van der Waals surface area contributed by atoms with E-state index in [1.807, 2.05) is 0 Å². The van der Waals surface area contributed by atoms with Crippen molar-refractivity contribution in [3.05, 3.63) is 0 Å². The molecule has 1 saturated carbocycles. The van der Waals surface area contributed by atoms with Crippen LogP contribution in [0.1, 0.15) is 38.5 Å². The minimum absolute atomic E-state index is 0. The Morgan fingerprint density at radius 1 is 0.941 bits per heavy atom. The third kappa shape index (κ3) is 1.78. The minimum Gasteiger partial charge on any atom is -0.340 e. The van der Waals surface area contributed by atoms with Crippen molar-refractivity contribution < 1.29 is 0 Å². The predicted octanol–water partition coefficient (Wildman–Crippen LogP) is 2.31. The molecule has 3 fully saturated rings. The van der Waals surface area contributed by atoms with Gasteiger partial charge in [-0.2, -0.15) is 0 Å². The van der Waals surface area contributed by atoms with E-state index >= 15 is 0 Å². The second kappa shape index (κ2) is 4.59. The number of halogens is 1. The first-order valence-electron chi connectivity index (χ1n) is 7.01. The standard InChI is InChI=1S/C13H21N3.HI/c1-3-10-5-6-12(10)16(8-1)13-14-9-11-4-2-7-15(11)13;/h10-12H,1-9H2;1H/t10-,11+,12+;/m0./s1. The molecule has 0 radical (unpaired) electrons. The molecule has 3 nitrogen and oxygen atoms in total. The number of nitrogens with zero attached hydrogens (tertiary/aromatic N) is 3. The van der Waals surface area contributed by atoms with Crippen LogP contribution in [0.15, 0.2) is 4.99 Å². The van der Waals surface area contributed by atoms with Crippen LogP contribution in [0.4, 0.5) is 0 Å². The van der Waals surface area contributed by atoms with Gasteiger partial charge in [-0.1, -0.05) is 0 Å². The molecule has 0 aromatic carbocycles. The van der Waals surface area contributed by atoms with Gasteiger partial charge < -0.3 is 9.80 Å². The van der Waals surface area contributed by atoms with E-state index in [1.54, 1.807) is 0 Å². The Labute approximate surface area is 121 Å². The molecule has 0 unspecified atom stereocenters. The van der Waals surface area contributed by atoms with Gasteiger partial charge in [-0.25, -0.2) is 0 Å². The number of guanidine groups is 1. The first kappa shape index (κ1) is 12.1. The van der Waals surface area contributed by atoms with E-state index in [0.717, 1.165) is 24.5 Å². The van der Waals surface area contributed by atoms with E-state index in [4.69, 9.17) is 4.99 Å². The van der Waals surface area contributed by atoms with Gasteiger partial charge >= 0.3 is 0 Å². The molecular weight excluding hydrogens is 325 g/mol. The summed E-state index contributed by atoms with van der Waals surface area (Å²) in [7, 11) is 0. The zero-order chi connectivity index (χ0) is 10.5. The second-order valence-electron chi connectivity index (χ2n) is 5.87. The van der Waals surface area contributed by atoms with Gasteiger partial charge in [0.05, 0.1) is 12.6 Å². The van der Waals surface area contributed by atoms with Crippen molar-refractivity contribution in [1.82, 2.24) is 9.80 Å². The summed E-state index contributed by atoms with van der Waals surface area (Å²) in [4.78, 5) is 10.1. The van der Waals surface area contributed by atoms with E-state index in [2.05, 4.69) is 9.80 Å². The van der Waals surface area contributed by atoms with Crippen LogP contribution in [-0.2, 0) is 0 Å². The lowest BCUT2D eigenvalue weighted by molar-refractivity contribution is 0.0636. The topological polar surface area (TPSA) is 18.8 Å². The highest BCUT2D eigenvalue weighted by atomic mass is 127. The fraction of sp³-hybridized carbons (Fsp3) is 0.923. The molecule has 17 heavy (non-hydrogen) atoms. The van der Waals surface area contributed by atoms with Crippen LogP contribution >= 0.6 is 24.0 Å². The maximum absolute atomic E-state index is 4.83. The summed E-state index contributed by atoms with van der Waals surface area (Å²) in [6, 6.07) is 1.61. The lowest BCUT2D eigenvalue weighted by Gasteiger charge is -2.50. The molecule has 96 valence electrons. The monoisotopic (exact) mass is 347 g/mol. The highest BCUT2D eigenvalue weighted by Crippen LogP contribution is 2.40. The van der Waals surface area contributed by atoms with Gasteiger partial charge in [-0.15, -0.1) is 24.0 Å². The van der Waals surface area contributed by atoms with Crippen molar-refractivity contribution in [3.8, 4) is 0 Å². The highest BCUT2D eigenvalue weighted by Gasteiger charge is 2.43. The van der Waals surface area contributed by atoms with Crippen molar-refractivity contribution in [2.45, 2.75) is 50.6 Å². The fourth-order valence-corrected chi connectivity index (χ4v) is 4.06. The van der Waals surface area contributed by atoms with Crippen LogP contribution in [0.2, 0.25) is 0 Å². The molecule has 4 aliphatic rings. The number of likely N-dealkylation sites (tertiary alicyclic amines) is 1. The van der Waals surface area contributed by atoms with Crippen molar-refractivity contribution in [3.63, 3.8) is 0 Å². The summed E-state index contributed by atoms with van der Waals surface area (Å²) >= 11 is 0. The normalized spacial score (nSPS) is 39.1. The number of hydrogen-bond donors (Lipinski definition) is 0. The van der Waals surface area contributed by atoms with Gasteiger partial charge in [0.25, 0.3) is 0 Å². The van der Waals surface area contributed by atoms with Crippen LogP contribution in [0.3, 0.4) is 0 Å². The Balaban J connectivity index is 0.000000902. The SMILES string of the molecule is C1C[C@@H]2CN=C(N3CCC[C@H]4CC[C@H]43)N2C1.I. The van der Waals surface area contributed by atoms with E-state index in [9.17, 15) is 0 Å². The predicted molar refractivity (Wildman–Crippen MR) is 79.9 cm³/mol. The Bertz CT molecular complexity index is 331. The number of hydrogen-bond acceptors (Lipinski definition) is 3. The van der Waals surface area contributed by atoms with Crippen LogP contribution in [0, 0.1) is 5.92 Å². The van der Waals surface area contributed by atoms with Crippen LogP contribution in [0.25, 0.3) is 0 Å². The second-order valence-corrected chi connectivity index (χ2v) is 5.87. The van der Waals surface area contributed by atoms with Crippen molar-refractivity contribution >= 4 is 29.9 Å². The third-order valence-electron chi connectivity index (χ3n) is 5.09. The van der Waals surface area contributed by atoms with Crippen LogP contribution in [0.5, 0.6) is 0 Å². The largest absolute Gasteiger partial charge is 0.340 e. The Morgan fingerprint density at radius 3 is 2.59 bits per heavy atom. The molecule has 0 aromatic rings. The molecule has 0 N–H and O–H groups in total. The molecule has 3 heterocycles. The van der Waals surface area contributed by atoms with E-state index in [-0.39, 0.29) is 24.0 Å². The summed E-state index contributed by atoms with van der Waals surface area (Å²) in [5.74, 6) is 2.37. The maximum atomic E-state index is 4.83. The third-order valence-corrected chi connectivity index (χ3v) is 5.09. The molecule has 4 heteroatoms. The average molecular weight is 347 g/mol. The van der Waals surface area contributed by atoms with E-state index in [0.29, 0.717) is 0 Å². The Morgan fingerprint density at radius 2 is 1.76 bits per heavy atom. The molecule has 3 atom stereocenters. The first-order chi connectivity index (χ1) is 7.93. The molecule has 0 bridgehead atoms. The zero-order valence-corrected chi connectivity index (χ0v) is 12.7. The van der Waals surface area contributed by atoms with Crippen molar-refractivity contribution in [1.29, 1.82) is 0 Å². The lowest BCUT2D eigenvalue weighted by Crippen LogP contribution is -2.57. The highest BCUT2D eigenvalue weighted by molar-refractivity contribution is 14.0. The summed E-state index contributed by atoms with van der Waals surface area (Å²) in [5.41, 5.74) is 0. The Hall–Kier alpha value is 0. The van der Waals surface area contributed by atoms with Crippen molar-refractivity contribution in [2.75, 3.05) is 19.6 Å². The molecule has 3 aliphatic heterocycles. The molecular formula is C13H22IN3. The van der Waals surface area contributed by atoms with Crippen LogP contribution in [-0.4, -0.2) is 47.5 Å². The number of aliphatic imine (C=N–C) groups is 1. The van der Waals surface area contributed by atoms with Crippen LogP contribution < -0.4 is 0 Å².